The van der Waals surface area contributed by atoms with Crippen molar-refractivity contribution < 1.29 is 0 Å². The van der Waals surface area contributed by atoms with E-state index in [4.69, 9.17) is 0 Å². The van der Waals surface area contributed by atoms with E-state index in [1.54, 1.807) is 6.33 Å². The van der Waals surface area contributed by atoms with Crippen LogP contribution >= 0.6 is 0 Å². The van der Waals surface area contributed by atoms with E-state index in [1.165, 1.54) is 0 Å². The number of benzene rings is 1. The summed E-state index contributed by atoms with van der Waals surface area (Å²) in [6.07, 6.45) is 7.49. The van der Waals surface area contributed by atoms with Gasteiger partial charge in [0.2, 0.25) is 0 Å². The smallest absolute Gasteiger partial charge is 0.163 e. The average Bonchev–Trinajstić information content (AvgIpc) is 2.46. The van der Waals surface area contributed by atoms with Crippen molar-refractivity contribution in [3.05, 3.63) is 60.7 Å². The standard InChI is InChI=1S/C15H15N3/c1-3-4-8-12(2)14-16-11-17-15(18-14)13-9-6-5-7-10-13/h3-11H,1-2H3. The third-order valence-corrected chi connectivity index (χ3v) is 2.50. The summed E-state index contributed by atoms with van der Waals surface area (Å²) in [6, 6.07) is 9.90. The number of hydrogen-bond acceptors (Lipinski definition) is 3. The lowest BCUT2D eigenvalue weighted by molar-refractivity contribution is 1.02. The van der Waals surface area contributed by atoms with Gasteiger partial charge in [0, 0.05) is 5.56 Å². The molecule has 1 aromatic heterocycles. The van der Waals surface area contributed by atoms with Crippen molar-refractivity contribution in [2.45, 2.75) is 13.8 Å². The molecule has 0 aliphatic carbocycles. The predicted octanol–water partition coefficient (Wildman–Crippen LogP) is 3.52. The van der Waals surface area contributed by atoms with Gasteiger partial charge in [-0.3, -0.25) is 0 Å². The Balaban J connectivity index is 2.37. The molecule has 0 saturated heterocycles. The quantitative estimate of drug-likeness (QED) is 0.767. The second-order valence-corrected chi connectivity index (χ2v) is 3.87. The van der Waals surface area contributed by atoms with Gasteiger partial charge < -0.3 is 0 Å². The minimum absolute atomic E-state index is 0.703. The molecule has 1 heterocycles. The molecule has 0 saturated carbocycles. The molecule has 0 spiro atoms. The summed E-state index contributed by atoms with van der Waals surface area (Å²) in [5, 5.41) is 0. The van der Waals surface area contributed by atoms with Crippen LogP contribution in [0.4, 0.5) is 0 Å². The molecular weight excluding hydrogens is 222 g/mol. The molecule has 0 aliphatic rings. The van der Waals surface area contributed by atoms with Gasteiger partial charge in [-0.05, 0) is 19.4 Å². The molecule has 90 valence electrons. The van der Waals surface area contributed by atoms with Crippen LogP contribution in [0.25, 0.3) is 17.0 Å². The summed E-state index contributed by atoms with van der Waals surface area (Å²) in [4.78, 5) is 12.9. The predicted molar refractivity (Wildman–Crippen MR) is 73.7 cm³/mol. The van der Waals surface area contributed by atoms with E-state index in [0.29, 0.717) is 11.6 Å². The molecule has 3 nitrogen and oxygen atoms in total. The van der Waals surface area contributed by atoms with E-state index >= 15 is 0 Å². The maximum absolute atomic E-state index is 4.47. The molecule has 18 heavy (non-hydrogen) atoms. The van der Waals surface area contributed by atoms with Gasteiger partial charge >= 0.3 is 0 Å². The lowest BCUT2D eigenvalue weighted by atomic mass is 10.2. The number of aromatic nitrogens is 3. The summed E-state index contributed by atoms with van der Waals surface area (Å²) >= 11 is 0. The van der Waals surface area contributed by atoms with E-state index in [0.717, 1.165) is 11.1 Å². The highest BCUT2D eigenvalue weighted by Gasteiger charge is 2.03. The third-order valence-electron chi connectivity index (χ3n) is 2.50. The molecule has 0 amide bonds. The van der Waals surface area contributed by atoms with Crippen LogP contribution in [0, 0.1) is 0 Å². The maximum Gasteiger partial charge on any atom is 0.163 e. The Hall–Kier alpha value is -2.29. The minimum Gasteiger partial charge on any atom is -0.217 e. The fraction of sp³-hybridized carbons (Fsp3) is 0.133. The molecule has 2 rings (SSSR count). The van der Waals surface area contributed by atoms with E-state index in [-0.39, 0.29) is 0 Å². The van der Waals surface area contributed by atoms with Crippen LogP contribution in [-0.2, 0) is 0 Å². The van der Waals surface area contributed by atoms with Gasteiger partial charge in [0.15, 0.2) is 11.6 Å². The summed E-state index contributed by atoms with van der Waals surface area (Å²) in [5.74, 6) is 1.41. The van der Waals surface area contributed by atoms with Crippen molar-refractivity contribution in [2.75, 3.05) is 0 Å². The molecule has 1 aromatic carbocycles. The Labute approximate surface area is 107 Å². The zero-order chi connectivity index (χ0) is 12.8. The van der Waals surface area contributed by atoms with E-state index in [1.807, 2.05) is 62.4 Å². The van der Waals surface area contributed by atoms with Gasteiger partial charge in [-0.15, -0.1) is 0 Å². The Bertz CT molecular complexity index is 571. The van der Waals surface area contributed by atoms with Crippen LogP contribution in [0.3, 0.4) is 0 Å². The number of nitrogens with zero attached hydrogens (tertiary/aromatic N) is 3. The summed E-state index contributed by atoms with van der Waals surface area (Å²) in [7, 11) is 0. The van der Waals surface area contributed by atoms with Gasteiger partial charge in [-0.25, -0.2) is 15.0 Å². The molecule has 0 atom stereocenters. The average molecular weight is 237 g/mol. The highest BCUT2D eigenvalue weighted by atomic mass is 15.0. The maximum atomic E-state index is 4.47. The number of rotatable bonds is 3. The van der Waals surface area contributed by atoms with Crippen molar-refractivity contribution in [1.29, 1.82) is 0 Å². The SMILES string of the molecule is CC=CC=C(C)c1ncnc(-c2ccccc2)n1. The van der Waals surface area contributed by atoms with Gasteiger partial charge in [0.25, 0.3) is 0 Å². The molecule has 0 bridgehead atoms. The van der Waals surface area contributed by atoms with Crippen LogP contribution in [0.2, 0.25) is 0 Å². The summed E-state index contributed by atoms with van der Waals surface area (Å²) in [6.45, 7) is 3.97. The first kappa shape index (κ1) is 12.2. The van der Waals surface area contributed by atoms with Crippen molar-refractivity contribution in [1.82, 2.24) is 15.0 Å². The Morgan fingerprint density at radius 1 is 1.11 bits per heavy atom. The fourth-order valence-corrected chi connectivity index (χ4v) is 1.53. The van der Waals surface area contributed by atoms with Crippen molar-refractivity contribution >= 4 is 5.57 Å². The topological polar surface area (TPSA) is 38.7 Å². The molecule has 0 radical (unpaired) electrons. The zero-order valence-electron chi connectivity index (χ0n) is 10.5. The van der Waals surface area contributed by atoms with Crippen LogP contribution in [0.5, 0.6) is 0 Å². The van der Waals surface area contributed by atoms with Crippen LogP contribution in [0.1, 0.15) is 19.7 Å². The highest BCUT2D eigenvalue weighted by Crippen LogP contribution is 2.15. The Morgan fingerprint density at radius 3 is 2.61 bits per heavy atom. The minimum atomic E-state index is 0.703. The number of allylic oxidation sites excluding steroid dienone is 4. The second kappa shape index (κ2) is 5.87. The lowest BCUT2D eigenvalue weighted by Gasteiger charge is -2.02. The van der Waals surface area contributed by atoms with Crippen LogP contribution in [0.15, 0.2) is 54.9 Å². The molecule has 0 aliphatic heterocycles. The first-order valence-corrected chi connectivity index (χ1v) is 5.85. The second-order valence-electron chi connectivity index (χ2n) is 3.87. The number of hydrogen-bond donors (Lipinski definition) is 0. The highest BCUT2D eigenvalue weighted by molar-refractivity contribution is 5.62. The van der Waals surface area contributed by atoms with Crippen LogP contribution < -0.4 is 0 Å². The van der Waals surface area contributed by atoms with E-state index < -0.39 is 0 Å². The van der Waals surface area contributed by atoms with E-state index in [9.17, 15) is 0 Å². The summed E-state index contributed by atoms with van der Waals surface area (Å²) in [5.41, 5.74) is 2.02. The monoisotopic (exact) mass is 237 g/mol. The summed E-state index contributed by atoms with van der Waals surface area (Å²) < 4.78 is 0. The van der Waals surface area contributed by atoms with Crippen molar-refractivity contribution in [3.8, 4) is 11.4 Å². The largest absolute Gasteiger partial charge is 0.217 e. The zero-order valence-corrected chi connectivity index (χ0v) is 10.5. The van der Waals surface area contributed by atoms with Gasteiger partial charge in [-0.2, -0.15) is 0 Å². The fourth-order valence-electron chi connectivity index (χ4n) is 1.53. The Morgan fingerprint density at radius 2 is 1.89 bits per heavy atom. The van der Waals surface area contributed by atoms with Gasteiger partial charge in [0.05, 0.1) is 0 Å². The molecule has 0 fully saturated rings. The van der Waals surface area contributed by atoms with Crippen LogP contribution in [-0.4, -0.2) is 15.0 Å². The van der Waals surface area contributed by atoms with E-state index in [2.05, 4.69) is 15.0 Å². The van der Waals surface area contributed by atoms with Crippen molar-refractivity contribution in [3.63, 3.8) is 0 Å². The van der Waals surface area contributed by atoms with Gasteiger partial charge in [-0.1, -0.05) is 48.6 Å². The first-order valence-electron chi connectivity index (χ1n) is 5.85. The third kappa shape index (κ3) is 2.88. The molecule has 2 aromatic rings. The lowest BCUT2D eigenvalue weighted by Crippen LogP contribution is -1.96. The Kier molecular flexibility index (Phi) is 3.97. The molecular formula is C15H15N3. The normalized spacial score (nSPS) is 12.0. The van der Waals surface area contributed by atoms with Gasteiger partial charge in [0.1, 0.15) is 6.33 Å². The molecule has 0 N–H and O–H groups in total. The first-order chi connectivity index (χ1) is 8.81. The molecule has 3 heteroatoms. The van der Waals surface area contributed by atoms with Crippen molar-refractivity contribution in [2.24, 2.45) is 0 Å². The molecule has 0 unspecified atom stereocenters.